The van der Waals surface area contributed by atoms with Crippen molar-refractivity contribution in [2.45, 2.75) is 31.6 Å². The number of sulfonamides is 1. The lowest BCUT2D eigenvalue weighted by atomic mass is 10.1. The molecule has 3 rings (SSSR count). The van der Waals surface area contributed by atoms with Gasteiger partial charge in [-0.05, 0) is 36.1 Å². The Morgan fingerprint density at radius 3 is 2.63 bits per heavy atom. The quantitative estimate of drug-likeness (QED) is 0.635. The van der Waals surface area contributed by atoms with Crippen LogP contribution in [0.25, 0.3) is 0 Å². The van der Waals surface area contributed by atoms with E-state index in [-0.39, 0.29) is 11.9 Å². The Bertz CT molecular complexity index is 950. The van der Waals surface area contributed by atoms with Gasteiger partial charge in [-0.2, -0.15) is 0 Å². The van der Waals surface area contributed by atoms with Crippen LogP contribution in [0.3, 0.4) is 0 Å². The Hall–Kier alpha value is -2.20. The fourth-order valence-corrected chi connectivity index (χ4v) is 5.23. The molecule has 1 fully saturated rings. The molecule has 1 saturated heterocycles. The molecular weight excluding hydrogens is 430 g/mol. The number of carboxylic acid groups (broad SMARTS) is 1. The van der Waals surface area contributed by atoms with Crippen LogP contribution in [-0.2, 0) is 21.4 Å². The van der Waals surface area contributed by atoms with Crippen molar-refractivity contribution in [1.82, 2.24) is 14.6 Å². The van der Waals surface area contributed by atoms with Crippen molar-refractivity contribution in [1.29, 1.82) is 0 Å². The van der Waals surface area contributed by atoms with Crippen molar-refractivity contribution in [3.63, 3.8) is 0 Å². The van der Waals surface area contributed by atoms with Crippen LogP contribution >= 0.6 is 11.6 Å². The summed E-state index contributed by atoms with van der Waals surface area (Å²) in [6.07, 6.45) is 2.79. The lowest BCUT2D eigenvalue weighted by molar-refractivity contribution is 0.0102. The predicted octanol–water partition coefficient (Wildman–Crippen LogP) is 3.05. The zero-order valence-electron chi connectivity index (χ0n) is 16.3. The molecule has 8 nitrogen and oxygen atoms in total. The van der Waals surface area contributed by atoms with Crippen molar-refractivity contribution >= 4 is 27.7 Å². The second-order valence-electron chi connectivity index (χ2n) is 7.07. The second kappa shape index (κ2) is 10.2. The molecule has 10 heteroatoms. The fraction of sp³-hybridized carbons (Fsp3) is 0.400. The second-order valence-corrected chi connectivity index (χ2v) is 9.49. The molecule has 162 valence electrons. The maximum absolute atomic E-state index is 12.9. The number of rotatable bonds is 8. The van der Waals surface area contributed by atoms with Gasteiger partial charge in [-0.3, -0.25) is 4.98 Å². The lowest BCUT2D eigenvalue weighted by Crippen LogP contribution is -2.44. The Balaban J connectivity index is 1.56. The van der Waals surface area contributed by atoms with Crippen molar-refractivity contribution in [2.75, 3.05) is 18.8 Å². The number of ether oxygens (including phenoxy) is 1. The van der Waals surface area contributed by atoms with Crippen molar-refractivity contribution < 1.29 is 23.1 Å². The molecule has 1 amide bonds. The van der Waals surface area contributed by atoms with E-state index in [0.29, 0.717) is 43.1 Å². The Labute approximate surface area is 180 Å². The van der Waals surface area contributed by atoms with Crippen molar-refractivity contribution in [2.24, 2.45) is 0 Å². The topological polar surface area (TPSA) is 109 Å². The van der Waals surface area contributed by atoms with Gasteiger partial charge in [0.15, 0.2) is 0 Å². The highest BCUT2D eigenvalue weighted by Gasteiger charge is 2.31. The average Bonchev–Trinajstić information content (AvgIpc) is 2.73. The van der Waals surface area contributed by atoms with Gasteiger partial charge in [0.05, 0.1) is 24.5 Å². The summed E-state index contributed by atoms with van der Waals surface area (Å²) in [5.74, 6) is -0.365. The van der Waals surface area contributed by atoms with E-state index in [1.54, 1.807) is 24.4 Å². The van der Waals surface area contributed by atoms with Gasteiger partial charge >= 0.3 is 6.09 Å². The van der Waals surface area contributed by atoms with Crippen LogP contribution in [0.1, 0.15) is 30.0 Å². The maximum atomic E-state index is 12.9. The van der Waals surface area contributed by atoms with Crippen LogP contribution in [0.4, 0.5) is 4.79 Å². The summed E-state index contributed by atoms with van der Waals surface area (Å²) >= 11 is 6.14. The number of nitrogens with one attached hydrogen (secondary N) is 1. The molecule has 0 aliphatic carbocycles. The van der Waals surface area contributed by atoms with E-state index in [1.807, 2.05) is 18.2 Å². The zero-order valence-corrected chi connectivity index (χ0v) is 17.8. The van der Waals surface area contributed by atoms with Crippen LogP contribution in [0.15, 0.2) is 48.8 Å². The minimum absolute atomic E-state index is 0.0565. The molecule has 0 spiro atoms. The molecule has 0 bridgehead atoms. The number of halogens is 1. The molecule has 2 N–H and O–H groups in total. The minimum atomic E-state index is -3.67. The summed E-state index contributed by atoms with van der Waals surface area (Å²) in [5.41, 5.74) is 1.40. The van der Waals surface area contributed by atoms with Crippen LogP contribution in [-0.4, -0.2) is 53.9 Å². The number of amides is 1. The lowest BCUT2D eigenvalue weighted by Gasteiger charge is -2.32. The van der Waals surface area contributed by atoms with E-state index in [4.69, 9.17) is 21.4 Å². The smallest absolute Gasteiger partial charge is 0.405 e. The highest BCUT2D eigenvalue weighted by atomic mass is 35.5. The number of hydrogen-bond donors (Lipinski definition) is 2. The molecule has 2 aromatic rings. The molecule has 0 unspecified atom stereocenters. The molecule has 1 atom stereocenters. The molecule has 1 aromatic heterocycles. The number of piperidine rings is 1. The molecule has 0 radical (unpaired) electrons. The molecular formula is C20H24ClN3O5S. The number of benzene rings is 1. The van der Waals surface area contributed by atoms with Crippen LogP contribution in [0.5, 0.6) is 0 Å². The van der Waals surface area contributed by atoms with Gasteiger partial charge in [0, 0.05) is 30.5 Å². The Morgan fingerprint density at radius 2 is 2.00 bits per heavy atom. The summed E-state index contributed by atoms with van der Waals surface area (Å²) in [6, 6.07) is 9.85. The zero-order chi connectivity index (χ0) is 21.6. The van der Waals surface area contributed by atoms with Gasteiger partial charge in [0.2, 0.25) is 10.0 Å². The third-order valence-electron chi connectivity index (χ3n) is 4.99. The van der Waals surface area contributed by atoms with Gasteiger partial charge in [-0.15, -0.1) is 0 Å². The molecule has 1 aliphatic heterocycles. The molecule has 30 heavy (non-hydrogen) atoms. The first kappa shape index (κ1) is 22.5. The number of carbonyl (C=O) groups is 1. The number of nitrogens with zero attached hydrogens (tertiary/aromatic N) is 2. The van der Waals surface area contributed by atoms with Crippen LogP contribution in [0.2, 0.25) is 5.02 Å². The van der Waals surface area contributed by atoms with E-state index >= 15 is 0 Å². The maximum Gasteiger partial charge on any atom is 0.405 e. The van der Waals surface area contributed by atoms with Crippen molar-refractivity contribution in [3.8, 4) is 0 Å². The van der Waals surface area contributed by atoms with E-state index in [1.165, 1.54) is 10.5 Å². The van der Waals surface area contributed by atoms with Gasteiger partial charge < -0.3 is 15.2 Å². The highest BCUT2D eigenvalue weighted by molar-refractivity contribution is 7.89. The molecule has 2 heterocycles. The van der Waals surface area contributed by atoms with E-state index in [2.05, 4.69) is 10.3 Å². The first-order chi connectivity index (χ1) is 14.3. The van der Waals surface area contributed by atoms with Gasteiger partial charge in [0.25, 0.3) is 0 Å². The largest absolute Gasteiger partial charge is 0.465 e. The van der Waals surface area contributed by atoms with Gasteiger partial charge in [-0.25, -0.2) is 17.5 Å². The molecule has 1 aliphatic rings. The summed E-state index contributed by atoms with van der Waals surface area (Å²) in [4.78, 5) is 15.1. The van der Waals surface area contributed by atoms with E-state index in [0.717, 1.165) is 5.56 Å². The molecule has 1 aromatic carbocycles. The fourth-order valence-electron chi connectivity index (χ4n) is 3.37. The normalized spacial score (nSPS) is 16.8. The average molecular weight is 454 g/mol. The van der Waals surface area contributed by atoms with Crippen LogP contribution in [0, 0.1) is 0 Å². The third-order valence-corrected chi connectivity index (χ3v) is 7.26. The Morgan fingerprint density at radius 1 is 1.27 bits per heavy atom. The summed E-state index contributed by atoms with van der Waals surface area (Å²) in [6.45, 7) is 1.02. The van der Waals surface area contributed by atoms with Crippen molar-refractivity contribution in [3.05, 3.63) is 64.9 Å². The predicted molar refractivity (Wildman–Crippen MR) is 113 cm³/mol. The summed E-state index contributed by atoms with van der Waals surface area (Å²) in [7, 11) is -3.67. The summed E-state index contributed by atoms with van der Waals surface area (Å²) < 4.78 is 33.1. The monoisotopic (exact) mass is 453 g/mol. The SMILES string of the molecule is O=C(O)N[C@@H](CS(=O)(=O)N1CCC(OCc2ccccc2Cl)CC1)c1cccnc1. The van der Waals surface area contributed by atoms with Gasteiger partial charge in [0.1, 0.15) is 0 Å². The van der Waals surface area contributed by atoms with E-state index < -0.39 is 22.2 Å². The molecule has 0 saturated carbocycles. The summed E-state index contributed by atoms with van der Waals surface area (Å²) in [5, 5.41) is 12.0. The standard InChI is InChI=1S/C20H24ClN3O5S/c21-18-6-2-1-4-16(18)13-29-17-7-10-24(11-8-17)30(27,28)14-19(23-20(25)26)15-5-3-9-22-12-15/h1-6,9,12,17,19,23H,7-8,10-11,13-14H2,(H,25,26)/t19-/m0/s1. The van der Waals surface area contributed by atoms with Gasteiger partial charge in [-0.1, -0.05) is 35.9 Å². The number of pyridine rings is 1. The van der Waals surface area contributed by atoms with Crippen LogP contribution < -0.4 is 5.32 Å². The Kier molecular flexibility index (Phi) is 7.65. The highest BCUT2D eigenvalue weighted by Crippen LogP contribution is 2.23. The number of hydrogen-bond acceptors (Lipinski definition) is 5. The minimum Gasteiger partial charge on any atom is -0.465 e. The first-order valence-corrected chi connectivity index (χ1v) is 11.6. The number of aromatic nitrogens is 1. The van der Waals surface area contributed by atoms with E-state index in [9.17, 15) is 13.2 Å². The third kappa shape index (κ3) is 6.15. The first-order valence-electron chi connectivity index (χ1n) is 9.57.